The molecule has 0 saturated carbocycles. The van der Waals surface area contributed by atoms with E-state index < -0.39 is 5.97 Å². The number of carbonyl (C=O) groups excluding carboxylic acids is 1. The number of amides is 1. The standard InChI is InChI=1S/C15H21NO3/c1-4-9-15(2,3)10-16-13(17)11-5-7-12(8-6-11)14(18)19/h5-8H,4,9-10H2,1-3H3,(H,16,17)(H,18,19). The van der Waals surface area contributed by atoms with Gasteiger partial charge in [-0.3, -0.25) is 4.79 Å². The molecular weight excluding hydrogens is 242 g/mol. The number of hydrogen-bond donors (Lipinski definition) is 2. The summed E-state index contributed by atoms with van der Waals surface area (Å²) in [6.45, 7) is 6.96. The zero-order valence-electron chi connectivity index (χ0n) is 11.7. The molecule has 1 aromatic carbocycles. The summed E-state index contributed by atoms with van der Waals surface area (Å²) in [6.07, 6.45) is 2.13. The van der Waals surface area contributed by atoms with Crippen LogP contribution in [0, 0.1) is 5.41 Å². The highest BCUT2D eigenvalue weighted by molar-refractivity contribution is 5.95. The highest BCUT2D eigenvalue weighted by atomic mass is 16.4. The molecule has 0 spiro atoms. The molecule has 1 aromatic rings. The van der Waals surface area contributed by atoms with Crippen LogP contribution in [0.25, 0.3) is 0 Å². The molecule has 1 amide bonds. The average molecular weight is 263 g/mol. The van der Waals surface area contributed by atoms with E-state index in [0.29, 0.717) is 12.1 Å². The molecule has 0 saturated heterocycles. The Bertz CT molecular complexity index is 449. The van der Waals surface area contributed by atoms with Gasteiger partial charge >= 0.3 is 5.97 Å². The van der Waals surface area contributed by atoms with Gasteiger partial charge in [-0.1, -0.05) is 27.2 Å². The molecule has 0 aromatic heterocycles. The average Bonchev–Trinajstić information content (AvgIpc) is 2.36. The van der Waals surface area contributed by atoms with Gasteiger partial charge in [0.25, 0.3) is 5.91 Å². The van der Waals surface area contributed by atoms with E-state index >= 15 is 0 Å². The van der Waals surface area contributed by atoms with Gasteiger partial charge in [0, 0.05) is 12.1 Å². The maximum atomic E-state index is 11.9. The summed E-state index contributed by atoms with van der Waals surface area (Å²) in [5.41, 5.74) is 0.742. The first kappa shape index (κ1) is 15.2. The molecule has 0 unspecified atom stereocenters. The SMILES string of the molecule is CCCC(C)(C)CNC(=O)c1ccc(C(=O)O)cc1. The Labute approximate surface area is 113 Å². The van der Waals surface area contributed by atoms with Gasteiger partial charge in [-0.2, -0.15) is 0 Å². The minimum Gasteiger partial charge on any atom is -0.478 e. The minimum absolute atomic E-state index is 0.0748. The lowest BCUT2D eigenvalue weighted by atomic mass is 9.88. The van der Waals surface area contributed by atoms with Crippen LogP contribution in [0.2, 0.25) is 0 Å². The van der Waals surface area contributed by atoms with E-state index in [4.69, 9.17) is 5.11 Å². The second kappa shape index (κ2) is 6.36. The van der Waals surface area contributed by atoms with Crippen molar-refractivity contribution in [2.45, 2.75) is 33.6 Å². The zero-order chi connectivity index (χ0) is 14.5. The van der Waals surface area contributed by atoms with Gasteiger partial charge in [-0.15, -0.1) is 0 Å². The van der Waals surface area contributed by atoms with Crippen molar-refractivity contribution in [2.75, 3.05) is 6.54 Å². The van der Waals surface area contributed by atoms with E-state index in [-0.39, 0.29) is 16.9 Å². The second-order valence-corrected chi connectivity index (χ2v) is 5.48. The molecule has 19 heavy (non-hydrogen) atoms. The van der Waals surface area contributed by atoms with E-state index in [1.54, 1.807) is 0 Å². The van der Waals surface area contributed by atoms with Gasteiger partial charge < -0.3 is 10.4 Å². The van der Waals surface area contributed by atoms with Crippen molar-refractivity contribution in [1.82, 2.24) is 5.32 Å². The number of carboxylic acids is 1. The van der Waals surface area contributed by atoms with Crippen molar-refractivity contribution in [3.8, 4) is 0 Å². The molecule has 0 heterocycles. The summed E-state index contributed by atoms with van der Waals surface area (Å²) in [5, 5.41) is 11.7. The summed E-state index contributed by atoms with van der Waals surface area (Å²) in [6, 6.07) is 5.94. The van der Waals surface area contributed by atoms with Gasteiger partial charge in [0.05, 0.1) is 5.56 Å². The van der Waals surface area contributed by atoms with Crippen LogP contribution in [0.5, 0.6) is 0 Å². The number of aromatic carboxylic acids is 1. The first-order valence-corrected chi connectivity index (χ1v) is 6.47. The van der Waals surface area contributed by atoms with E-state index in [1.165, 1.54) is 24.3 Å². The van der Waals surface area contributed by atoms with Crippen LogP contribution in [0.4, 0.5) is 0 Å². The van der Waals surface area contributed by atoms with Crippen molar-refractivity contribution >= 4 is 11.9 Å². The Kier molecular flexibility index (Phi) is 5.10. The molecule has 0 aliphatic carbocycles. The Morgan fingerprint density at radius 1 is 1.16 bits per heavy atom. The van der Waals surface area contributed by atoms with Crippen molar-refractivity contribution in [1.29, 1.82) is 0 Å². The largest absolute Gasteiger partial charge is 0.478 e. The highest BCUT2D eigenvalue weighted by Gasteiger charge is 2.18. The lowest BCUT2D eigenvalue weighted by molar-refractivity contribution is 0.0696. The molecule has 0 atom stereocenters. The van der Waals surface area contributed by atoms with Crippen LogP contribution >= 0.6 is 0 Å². The van der Waals surface area contributed by atoms with Crippen molar-refractivity contribution in [2.24, 2.45) is 5.41 Å². The van der Waals surface area contributed by atoms with Crippen LogP contribution in [0.3, 0.4) is 0 Å². The number of hydrogen-bond acceptors (Lipinski definition) is 2. The van der Waals surface area contributed by atoms with Gasteiger partial charge in [-0.05, 0) is 36.1 Å². The third kappa shape index (κ3) is 4.73. The molecule has 0 aliphatic rings. The maximum absolute atomic E-state index is 11.9. The highest BCUT2D eigenvalue weighted by Crippen LogP contribution is 2.20. The number of nitrogens with one attached hydrogen (secondary N) is 1. The molecule has 0 bridgehead atoms. The van der Waals surface area contributed by atoms with E-state index in [0.717, 1.165) is 12.8 Å². The lowest BCUT2D eigenvalue weighted by Gasteiger charge is -2.24. The zero-order valence-corrected chi connectivity index (χ0v) is 11.7. The number of carboxylic acid groups (broad SMARTS) is 1. The van der Waals surface area contributed by atoms with Gasteiger partial charge in [-0.25, -0.2) is 4.79 Å². The molecule has 4 heteroatoms. The van der Waals surface area contributed by atoms with E-state index in [2.05, 4.69) is 26.1 Å². The first-order chi connectivity index (χ1) is 8.85. The van der Waals surface area contributed by atoms with Crippen LogP contribution in [-0.4, -0.2) is 23.5 Å². The van der Waals surface area contributed by atoms with E-state index in [9.17, 15) is 9.59 Å². The number of rotatable bonds is 6. The van der Waals surface area contributed by atoms with Crippen LogP contribution in [0.1, 0.15) is 54.3 Å². The molecule has 4 nitrogen and oxygen atoms in total. The molecule has 0 fully saturated rings. The van der Waals surface area contributed by atoms with Gasteiger partial charge in [0.2, 0.25) is 0 Å². The first-order valence-electron chi connectivity index (χ1n) is 6.47. The molecule has 104 valence electrons. The number of benzene rings is 1. The van der Waals surface area contributed by atoms with Gasteiger partial charge in [0.1, 0.15) is 0 Å². The number of carbonyl (C=O) groups is 2. The monoisotopic (exact) mass is 263 g/mol. The maximum Gasteiger partial charge on any atom is 0.335 e. The predicted molar refractivity (Wildman–Crippen MR) is 74.4 cm³/mol. The normalized spacial score (nSPS) is 11.1. The van der Waals surface area contributed by atoms with Crippen molar-refractivity contribution in [3.05, 3.63) is 35.4 Å². The molecular formula is C15H21NO3. The Morgan fingerprint density at radius 3 is 2.16 bits per heavy atom. The van der Waals surface area contributed by atoms with Crippen LogP contribution < -0.4 is 5.32 Å². The summed E-state index contributed by atoms with van der Waals surface area (Å²) >= 11 is 0. The molecule has 2 N–H and O–H groups in total. The smallest absolute Gasteiger partial charge is 0.335 e. The van der Waals surface area contributed by atoms with Gasteiger partial charge in [0.15, 0.2) is 0 Å². The fourth-order valence-electron chi connectivity index (χ4n) is 1.95. The Hall–Kier alpha value is -1.84. The van der Waals surface area contributed by atoms with Crippen LogP contribution in [-0.2, 0) is 0 Å². The molecule has 0 aliphatic heterocycles. The summed E-state index contributed by atoms with van der Waals surface area (Å²) in [5.74, 6) is -1.16. The molecule has 1 rings (SSSR count). The third-order valence-corrected chi connectivity index (χ3v) is 3.05. The van der Waals surface area contributed by atoms with Crippen molar-refractivity contribution in [3.63, 3.8) is 0 Å². The van der Waals surface area contributed by atoms with E-state index in [1.807, 2.05) is 0 Å². The predicted octanol–water partition coefficient (Wildman–Crippen LogP) is 2.94. The molecule has 0 radical (unpaired) electrons. The third-order valence-electron chi connectivity index (χ3n) is 3.05. The lowest BCUT2D eigenvalue weighted by Crippen LogP contribution is -2.33. The van der Waals surface area contributed by atoms with Crippen molar-refractivity contribution < 1.29 is 14.7 Å². The van der Waals surface area contributed by atoms with Crippen LogP contribution in [0.15, 0.2) is 24.3 Å². The summed E-state index contributed by atoms with van der Waals surface area (Å²) < 4.78 is 0. The topological polar surface area (TPSA) is 66.4 Å². The summed E-state index contributed by atoms with van der Waals surface area (Å²) in [4.78, 5) is 22.6. The Morgan fingerprint density at radius 2 is 1.68 bits per heavy atom. The fraction of sp³-hybridized carbons (Fsp3) is 0.467. The minimum atomic E-state index is -0.990. The summed E-state index contributed by atoms with van der Waals surface area (Å²) in [7, 11) is 0. The Balaban J connectivity index is 2.61. The fourth-order valence-corrected chi connectivity index (χ4v) is 1.95. The second-order valence-electron chi connectivity index (χ2n) is 5.48. The quantitative estimate of drug-likeness (QED) is 0.829.